The standard InChI is InChI=1S/C23H33N5O4/c1-15(2)11-27(20-21(24)28(12-16(3)4)23(31)25-22(20)30)19(29)14-26-9-10-32-18-8-6-5-7-17(18)13-26/h5-8,15-16H,9-14,24H2,1-4H3,(H,25,30,31). The summed E-state index contributed by atoms with van der Waals surface area (Å²) in [6.45, 7) is 10.2. The summed E-state index contributed by atoms with van der Waals surface area (Å²) in [6.07, 6.45) is 0. The zero-order valence-corrected chi connectivity index (χ0v) is 19.3. The van der Waals surface area contributed by atoms with E-state index in [0.717, 1.165) is 11.3 Å². The van der Waals surface area contributed by atoms with Crippen LogP contribution in [0.25, 0.3) is 0 Å². The number of nitrogens with two attached hydrogens (primary N) is 1. The van der Waals surface area contributed by atoms with E-state index in [4.69, 9.17) is 10.5 Å². The van der Waals surface area contributed by atoms with Crippen molar-refractivity contribution in [2.75, 3.05) is 36.9 Å². The van der Waals surface area contributed by atoms with E-state index in [1.165, 1.54) is 9.47 Å². The lowest BCUT2D eigenvalue weighted by atomic mass is 10.1. The fraction of sp³-hybridized carbons (Fsp3) is 0.522. The van der Waals surface area contributed by atoms with Crippen molar-refractivity contribution in [2.45, 2.75) is 40.8 Å². The van der Waals surface area contributed by atoms with Gasteiger partial charge in [-0.2, -0.15) is 0 Å². The minimum absolute atomic E-state index is 0.0194. The van der Waals surface area contributed by atoms with Crippen LogP contribution in [0.5, 0.6) is 5.75 Å². The van der Waals surface area contributed by atoms with Crippen molar-refractivity contribution in [3.63, 3.8) is 0 Å². The van der Waals surface area contributed by atoms with Crippen molar-refractivity contribution in [1.29, 1.82) is 0 Å². The predicted molar refractivity (Wildman–Crippen MR) is 125 cm³/mol. The highest BCUT2D eigenvalue weighted by molar-refractivity contribution is 5.96. The summed E-state index contributed by atoms with van der Waals surface area (Å²) >= 11 is 0. The van der Waals surface area contributed by atoms with Gasteiger partial charge >= 0.3 is 5.69 Å². The van der Waals surface area contributed by atoms with Gasteiger partial charge in [0.05, 0.1) is 6.54 Å². The summed E-state index contributed by atoms with van der Waals surface area (Å²) in [4.78, 5) is 44.3. The molecule has 0 spiro atoms. The maximum absolute atomic E-state index is 13.4. The van der Waals surface area contributed by atoms with Gasteiger partial charge in [0, 0.05) is 31.7 Å². The number of carbonyl (C=O) groups excluding carboxylic acids is 1. The van der Waals surface area contributed by atoms with Crippen molar-refractivity contribution in [3.05, 3.63) is 50.7 Å². The normalized spacial score (nSPS) is 14.2. The number of aromatic amines is 1. The molecule has 1 amide bonds. The van der Waals surface area contributed by atoms with E-state index in [2.05, 4.69) is 4.98 Å². The van der Waals surface area contributed by atoms with Crippen molar-refractivity contribution in [2.24, 2.45) is 11.8 Å². The molecule has 2 aromatic rings. The van der Waals surface area contributed by atoms with Gasteiger partial charge in [-0.25, -0.2) is 4.79 Å². The fourth-order valence-corrected chi connectivity index (χ4v) is 3.86. The van der Waals surface area contributed by atoms with Gasteiger partial charge in [0.25, 0.3) is 5.56 Å². The lowest BCUT2D eigenvalue weighted by Gasteiger charge is -2.29. The molecule has 0 saturated carbocycles. The van der Waals surface area contributed by atoms with E-state index in [9.17, 15) is 14.4 Å². The zero-order valence-electron chi connectivity index (χ0n) is 19.3. The molecule has 0 saturated heterocycles. The summed E-state index contributed by atoms with van der Waals surface area (Å²) in [5.74, 6) is 0.829. The summed E-state index contributed by atoms with van der Waals surface area (Å²) in [5, 5.41) is 0. The van der Waals surface area contributed by atoms with Gasteiger partial charge in [-0.3, -0.25) is 24.0 Å². The monoisotopic (exact) mass is 443 g/mol. The van der Waals surface area contributed by atoms with Crippen LogP contribution >= 0.6 is 0 Å². The molecule has 32 heavy (non-hydrogen) atoms. The first-order chi connectivity index (χ1) is 15.2. The average Bonchev–Trinajstić information content (AvgIpc) is 2.91. The minimum atomic E-state index is -0.647. The molecule has 0 atom stereocenters. The van der Waals surface area contributed by atoms with Gasteiger partial charge in [0.15, 0.2) is 5.69 Å². The molecule has 0 unspecified atom stereocenters. The largest absolute Gasteiger partial charge is 0.492 e. The molecule has 9 nitrogen and oxygen atoms in total. The van der Waals surface area contributed by atoms with Crippen LogP contribution in [-0.4, -0.2) is 46.6 Å². The highest BCUT2D eigenvalue weighted by atomic mass is 16.5. The third kappa shape index (κ3) is 5.40. The molecule has 2 heterocycles. The first-order valence-electron chi connectivity index (χ1n) is 11.0. The number of nitrogens with zero attached hydrogens (tertiary/aromatic N) is 3. The Kier molecular flexibility index (Phi) is 7.40. The number of nitrogen functional groups attached to an aromatic ring is 1. The number of ether oxygens (including phenoxy) is 1. The summed E-state index contributed by atoms with van der Waals surface area (Å²) in [7, 11) is 0. The Morgan fingerprint density at radius 1 is 1.19 bits per heavy atom. The van der Waals surface area contributed by atoms with Gasteiger partial charge in [0.1, 0.15) is 18.2 Å². The first kappa shape index (κ1) is 23.6. The van der Waals surface area contributed by atoms with Crippen molar-refractivity contribution < 1.29 is 9.53 Å². The summed E-state index contributed by atoms with van der Waals surface area (Å²) < 4.78 is 7.13. The Bertz CT molecular complexity index is 1070. The number of rotatable bonds is 7. The molecule has 0 radical (unpaired) electrons. The molecule has 0 bridgehead atoms. The van der Waals surface area contributed by atoms with Crippen LogP contribution in [0.2, 0.25) is 0 Å². The number of H-pyrrole nitrogens is 1. The summed E-state index contributed by atoms with van der Waals surface area (Å²) in [6, 6.07) is 7.76. The number of hydrogen-bond acceptors (Lipinski definition) is 6. The molecule has 9 heteroatoms. The second-order valence-electron chi connectivity index (χ2n) is 9.06. The number of carbonyl (C=O) groups is 1. The molecule has 1 aliphatic rings. The van der Waals surface area contributed by atoms with Crippen LogP contribution in [0.3, 0.4) is 0 Å². The third-order valence-electron chi connectivity index (χ3n) is 5.27. The second-order valence-corrected chi connectivity index (χ2v) is 9.06. The number of benzene rings is 1. The van der Waals surface area contributed by atoms with E-state index >= 15 is 0 Å². The number of nitrogens with one attached hydrogen (secondary N) is 1. The fourth-order valence-electron chi connectivity index (χ4n) is 3.86. The maximum Gasteiger partial charge on any atom is 0.330 e. The van der Waals surface area contributed by atoms with Crippen LogP contribution in [0.15, 0.2) is 33.9 Å². The molecular weight excluding hydrogens is 410 g/mol. The van der Waals surface area contributed by atoms with Crippen LogP contribution in [0.1, 0.15) is 33.3 Å². The Morgan fingerprint density at radius 3 is 2.59 bits per heavy atom. The predicted octanol–water partition coefficient (Wildman–Crippen LogP) is 1.66. The number of para-hydroxylation sites is 1. The Hall–Kier alpha value is -3.07. The van der Waals surface area contributed by atoms with Crippen LogP contribution in [-0.2, 0) is 17.9 Å². The molecule has 3 rings (SSSR count). The number of amides is 1. The lowest BCUT2D eigenvalue weighted by molar-refractivity contribution is -0.120. The molecular formula is C23H33N5O4. The van der Waals surface area contributed by atoms with Crippen LogP contribution in [0, 0.1) is 11.8 Å². The average molecular weight is 444 g/mol. The van der Waals surface area contributed by atoms with Crippen LogP contribution in [0.4, 0.5) is 11.5 Å². The van der Waals surface area contributed by atoms with Gasteiger partial charge in [-0.1, -0.05) is 45.9 Å². The molecule has 0 aliphatic carbocycles. The summed E-state index contributed by atoms with van der Waals surface area (Å²) in [5.41, 5.74) is 6.12. The number of aromatic nitrogens is 2. The maximum atomic E-state index is 13.4. The van der Waals surface area contributed by atoms with Gasteiger partial charge in [-0.05, 0) is 17.9 Å². The molecule has 1 aliphatic heterocycles. The van der Waals surface area contributed by atoms with E-state index < -0.39 is 11.2 Å². The van der Waals surface area contributed by atoms with E-state index in [-0.39, 0.29) is 35.8 Å². The van der Waals surface area contributed by atoms with Gasteiger partial charge < -0.3 is 15.4 Å². The van der Waals surface area contributed by atoms with Gasteiger partial charge in [-0.15, -0.1) is 0 Å². The minimum Gasteiger partial charge on any atom is -0.492 e. The molecule has 1 aromatic heterocycles. The zero-order chi connectivity index (χ0) is 23.4. The Morgan fingerprint density at radius 2 is 1.91 bits per heavy atom. The third-order valence-corrected chi connectivity index (χ3v) is 5.27. The highest BCUT2D eigenvalue weighted by Gasteiger charge is 2.27. The number of fused-ring (bicyclic) bond motifs is 1. The lowest BCUT2D eigenvalue weighted by Crippen LogP contribution is -2.46. The SMILES string of the molecule is CC(C)CN(C(=O)CN1CCOc2ccccc2C1)c1c(N)n(CC(C)C)c(=O)[nH]c1=O. The molecule has 0 fully saturated rings. The molecule has 1 aromatic carbocycles. The number of hydrogen-bond donors (Lipinski definition) is 2. The topological polar surface area (TPSA) is 114 Å². The van der Waals surface area contributed by atoms with Crippen molar-refractivity contribution in [3.8, 4) is 5.75 Å². The van der Waals surface area contributed by atoms with Crippen molar-refractivity contribution in [1.82, 2.24) is 14.5 Å². The smallest absolute Gasteiger partial charge is 0.330 e. The Labute approximate surface area is 187 Å². The molecule has 174 valence electrons. The van der Waals surface area contributed by atoms with Gasteiger partial charge in [0.2, 0.25) is 5.91 Å². The number of anilines is 2. The first-order valence-corrected chi connectivity index (χ1v) is 11.0. The molecule has 3 N–H and O–H groups in total. The Balaban J connectivity index is 1.93. The van der Waals surface area contributed by atoms with E-state index in [1.54, 1.807) is 0 Å². The van der Waals surface area contributed by atoms with Crippen LogP contribution < -0.4 is 26.6 Å². The highest BCUT2D eigenvalue weighted by Crippen LogP contribution is 2.23. The van der Waals surface area contributed by atoms with E-state index in [1.807, 2.05) is 56.9 Å². The van der Waals surface area contributed by atoms with E-state index in [0.29, 0.717) is 32.8 Å². The second kappa shape index (κ2) is 10.0. The quantitative estimate of drug-likeness (QED) is 0.673. The van der Waals surface area contributed by atoms with Crippen molar-refractivity contribution >= 4 is 17.4 Å².